The second-order valence-corrected chi connectivity index (χ2v) is 11.1. The third-order valence-corrected chi connectivity index (χ3v) is 9.46. The van der Waals surface area contributed by atoms with Crippen LogP contribution in [0.5, 0.6) is 0 Å². The molecular formula is C27H33FO9. The Morgan fingerprint density at radius 2 is 1.84 bits per heavy atom. The summed E-state index contributed by atoms with van der Waals surface area (Å²) in [6, 6.07) is 0. The molecule has 4 aliphatic carbocycles. The standard InChI is InChI=1S/C27H33FO9/c1-25-7-6-15(30)9-18(25)19(31)10-16-17-8-14(12-28)27(21(33)13-29,26(17,2)11-20(32)24(16)25)37-23(35)5-4-22(34)36-3/h6-7,9,14,16-17,20,24,29,32H,4-5,8,10-13H2,1-3H3/t14-,16+,17+,20+,24-,25+,26+,27+/m1/s1. The summed E-state index contributed by atoms with van der Waals surface area (Å²) in [7, 11) is 1.16. The van der Waals surface area contributed by atoms with E-state index in [1.165, 1.54) is 12.2 Å². The van der Waals surface area contributed by atoms with Gasteiger partial charge in [-0.1, -0.05) is 19.9 Å². The summed E-state index contributed by atoms with van der Waals surface area (Å²) < 4.78 is 24.9. The lowest BCUT2D eigenvalue weighted by Gasteiger charge is -2.59. The van der Waals surface area contributed by atoms with Gasteiger partial charge in [-0.2, -0.15) is 0 Å². The van der Waals surface area contributed by atoms with E-state index in [0.717, 1.165) is 7.11 Å². The number of esters is 2. The molecule has 0 heterocycles. The van der Waals surface area contributed by atoms with Crippen LogP contribution in [0.4, 0.5) is 4.39 Å². The van der Waals surface area contributed by atoms with Gasteiger partial charge in [0, 0.05) is 34.7 Å². The first-order chi connectivity index (χ1) is 17.4. The van der Waals surface area contributed by atoms with Gasteiger partial charge in [-0.15, -0.1) is 0 Å². The van der Waals surface area contributed by atoms with Crippen molar-refractivity contribution in [3.8, 4) is 0 Å². The molecule has 0 spiro atoms. The van der Waals surface area contributed by atoms with E-state index in [9.17, 15) is 38.6 Å². The number of allylic oxidation sites excluding steroid dienone is 4. The number of fused-ring (bicyclic) bond motifs is 5. The van der Waals surface area contributed by atoms with Crippen LogP contribution in [0.3, 0.4) is 0 Å². The number of aliphatic hydroxyl groups excluding tert-OH is 2. The van der Waals surface area contributed by atoms with Crippen LogP contribution in [0.25, 0.3) is 0 Å². The smallest absolute Gasteiger partial charge is 0.307 e. The molecule has 3 saturated carbocycles. The van der Waals surface area contributed by atoms with Gasteiger partial charge in [-0.05, 0) is 36.8 Å². The van der Waals surface area contributed by atoms with Crippen LogP contribution in [0.2, 0.25) is 0 Å². The van der Waals surface area contributed by atoms with Crippen molar-refractivity contribution < 1.29 is 48.0 Å². The minimum absolute atomic E-state index is 0.0107. The van der Waals surface area contributed by atoms with E-state index in [1.807, 2.05) is 0 Å². The van der Waals surface area contributed by atoms with Gasteiger partial charge in [0.25, 0.3) is 0 Å². The van der Waals surface area contributed by atoms with Crippen molar-refractivity contribution in [2.24, 2.45) is 34.5 Å². The molecule has 9 nitrogen and oxygen atoms in total. The lowest BCUT2D eigenvalue weighted by molar-refractivity contribution is -0.206. The van der Waals surface area contributed by atoms with Crippen molar-refractivity contribution in [1.29, 1.82) is 0 Å². The van der Waals surface area contributed by atoms with E-state index < -0.39 is 83.6 Å². The highest BCUT2D eigenvalue weighted by atomic mass is 19.1. The molecule has 0 unspecified atom stereocenters. The summed E-state index contributed by atoms with van der Waals surface area (Å²) >= 11 is 0. The average molecular weight is 521 g/mol. The number of carbonyl (C=O) groups excluding carboxylic acids is 5. The second-order valence-electron chi connectivity index (χ2n) is 11.1. The van der Waals surface area contributed by atoms with E-state index in [0.29, 0.717) is 5.57 Å². The molecule has 0 amide bonds. The second kappa shape index (κ2) is 9.54. The van der Waals surface area contributed by atoms with Crippen LogP contribution in [-0.2, 0) is 33.4 Å². The van der Waals surface area contributed by atoms with Gasteiger partial charge in [-0.25, -0.2) is 0 Å². The highest BCUT2D eigenvalue weighted by Crippen LogP contribution is 2.69. The average Bonchev–Trinajstić information content (AvgIpc) is 3.10. The van der Waals surface area contributed by atoms with Crippen molar-refractivity contribution >= 4 is 29.3 Å². The predicted octanol–water partition coefficient (Wildman–Crippen LogP) is 1.44. The predicted molar refractivity (Wildman–Crippen MR) is 125 cm³/mol. The van der Waals surface area contributed by atoms with Crippen molar-refractivity contribution in [2.75, 3.05) is 20.4 Å². The molecule has 0 aromatic carbocycles. The molecule has 2 N–H and O–H groups in total. The number of alkyl halides is 1. The van der Waals surface area contributed by atoms with E-state index >= 15 is 0 Å². The minimum Gasteiger partial charge on any atom is -0.469 e. The molecule has 0 aliphatic heterocycles. The quantitative estimate of drug-likeness (QED) is 0.476. The van der Waals surface area contributed by atoms with Crippen molar-refractivity contribution in [2.45, 2.75) is 57.7 Å². The Bertz CT molecular complexity index is 1100. The van der Waals surface area contributed by atoms with Crippen LogP contribution in [-0.4, -0.2) is 71.6 Å². The van der Waals surface area contributed by atoms with Crippen LogP contribution in [0, 0.1) is 34.5 Å². The lowest BCUT2D eigenvalue weighted by Crippen LogP contribution is -2.65. The lowest BCUT2D eigenvalue weighted by atomic mass is 9.46. The fourth-order valence-corrected chi connectivity index (χ4v) is 7.95. The Morgan fingerprint density at radius 1 is 1.16 bits per heavy atom. The number of methoxy groups -OCH3 is 1. The molecular weight excluding hydrogens is 487 g/mol. The maximum atomic E-state index is 14.6. The summed E-state index contributed by atoms with van der Waals surface area (Å²) in [4.78, 5) is 63.0. The summed E-state index contributed by atoms with van der Waals surface area (Å²) in [6.07, 6.45) is 2.57. The summed E-state index contributed by atoms with van der Waals surface area (Å²) in [5.41, 5.74) is -3.98. The Balaban J connectivity index is 1.77. The van der Waals surface area contributed by atoms with E-state index in [4.69, 9.17) is 4.74 Å². The minimum atomic E-state index is -2.08. The molecule has 10 heteroatoms. The molecule has 0 aromatic heterocycles. The van der Waals surface area contributed by atoms with Crippen LogP contribution in [0.15, 0.2) is 23.8 Å². The first-order valence-electron chi connectivity index (χ1n) is 12.5. The van der Waals surface area contributed by atoms with Gasteiger partial charge in [0.05, 0.1) is 32.7 Å². The zero-order valence-electron chi connectivity index (χ0n) is 21.2. The molecule has 4 rings (SSSR count). The Kier molecular flexibility index (Phi) is 7.05. The Labute approximate surface area is 214 Å². The molecule has 0 saturated heterocycles. The first-order valence-corrected chi connectivity index (χ1v) is 12.5. The number of rotatable bonds is 7. The summed E-state index contributed by atoms with van der Waals surface area (Å²) in [6.45, 7) is 1.40. The van der Waals surface area contributed by atoms with Crippen LogP contribution in [0.1, 0.15) is 46.0 Å². The molecule has 0 radical (unpaired) electrons. The molecule has 37 heavy (non-hydrogen) atoms. The fraction of sp³-hybridized carbons (Fsp3) is 0.667. The van der Waals surface area contributed by atoms with Crippen LogP contribution >= 0.6 is 0 Å². The third kappa shape index (κ3) is 3.91. The maximum Gasteiger partial charge on any atom is 0.307 e. The highest BCUT2D eigenvalue weighted by Gasteiger charge is 2.74. The van der Waals surface area contributed by atoms with Gasteiger partial charge >= 0.3 is 11.9 Å². The number of Topliss-reactive ketones (excluding diaryl/α,β-unsaturated/α-hetero) is 2. The third-order valence-electron chi connectivity index (χ3n) is 9.46. The van der Waals surface area contributed by atoms with Crippen LogP contribution < -0.4 is 0 Å². The summed E-state index contributed by atoms with van der Waals surface area (Å²) in [5.74, 6) is -5.62. The van der Waals surface area contributed by atoms with Crippen molar-refractivity contribution in [3.63, 3.8) is 0 Å². The molecule has 8 atom stereocenters. The normalized spacial score (nSPS) is 40.3. The number of ether oxygens (including phenoxy) is 2. The molecule has 0 bridgehead atoms. The maximum absolute atomic E-state index is 14.6. The Morgan fingerprint density at radius 3 is 2.46 bits per heavy atom. The number of halogens is 1. The van der Waals surface area contributed by atoms with Gasteiger partial charge in [0.1, 0.15) is 6.61 Å². The van der Waals surface area contributed by atoms with Gasteiger partial charge in [0.15, 0.2) is 17.2 Å². The number of carbonyl (C=O) groups is 5. The number of hydrogen-bond acceptors (Lipinski definition) is 9. The molecule has 0 aromatic rings. The number of ketones is 3. The zero-order valence-corrected chi connectivity index (χ0v) is 21.2. The molecule has 4 aliphatic rings. The van der Waals surface area contributed by atoms with Gasteiger partial charge in [0.2, 0.25) is 5.78 Å². The fourth-order valence-electron chi connectivity index (χ4n) is 7.95. The SMILES string of the molecule is COC(=O)CCC(=O)O[C@]1(C(=O)CO)[C@@H](CF)C[C@H]2[C@@H]3CC(=O)C4=CC(=O)C=C[C@]4(C)[C@H]3[C@@H](O)C[C@@]21C. The number of hydrogen-bond donors (Lipinski definition) is 2. The monoisotopic (exact) mass is 520 g/mol. The van der Waals surface area contributed by atoms with E-state index in [-0.39, 0.29) is 37.2 Å². The van der Waals surface area contributed by atoms with Gasteiger partial charge < -0.3 is 19.7 Å². The highest BCUT2D eigenvalue weighted by molar-refractivity contribution is 6.10. The van der Waals surface area contributed by atoms with Crippen molar-refractivity contribution in [3.05, 3.63) is 23.8 Å². The first kappa shape index (κ1) is 27.3. The zero-order chi connectivity index (χ0) is 27.3. The Hall–Kier alpha value is -2.72. The largest absolute Gasteiger partial charge is 0.469 e. The topological polar surface area (TPSA) is 144 Å². The number of aliphatic hydroxyl groups is 2. The van der Waals surface area contributed by atoms with E-state index in [1.54, 1.807) is 19.9 Å². The van der Waals surface area contributed by atoms with Crippen molar-refractivity contribution in [1.82, 2.24) is 0 Å². The summed E-state index contributed by atoms with van der Waals surface area (Å²) in [5, 5.41) is 21.4. The molecule has 3 fully saturated rings. The molecule has 202 valence electrons. The van der Waals surface area contributed by atoms with Gasteiger partial charge in [-0.3, -0.25) is 28.4 Å². The van der Waals surface area contributed by atoms with E-state index in [2.05, 4.69) is 4.74 Å².